The van der Waals surface area contributed by atoms with E-state index in [1.807, 2.05) is 0 Å². The highest BCUT2D eigenvalue weighted by atomic mass is 16.6. The highest BCUT2D eigenvalue weighted by Crippen LogP contribution is 2.17. The van der Waals surface area contributed by atoms with Crippen molar-refractivity contribution < 1.29 is 28.6 Å². The summed E-state index contributed by atoms with van der Waals surface area (Å²) in [5, 5.41) is 0. The molecule has 1 unspecified atom stereocenters. The van der Waals surface area contributed by atoms with Crippen molar-refractivity contribution in [3.8, 4) is 0 Å². The molecule has 0 aromatic heterocycles. The predicted octanol–water partition coefficient (Wildman–Crippen LogP) is 21.6. The van der Waals surface area contributed by atoms with Crippen molar-refractivity contribution >= 4 is 17.9 Å². The number of ether oxygens (including phenoxy) is 3. The third-order valence-corrected chi connectivity index (χ3v) is 14.0. The minimum absolute atomic E-state index is 0.0821. The topological polar surface area (TPSA) is 78.9 Å². The Labute approximate surface area is 453 Å². The van der Waals surface area contributed by atoms with Crippen LogP contribution < -0.4 is 0 Å². The summed E-state index contributed by atoms with van der Waals surface area (Å²) in [5.74, 6) is -0.898. The number of carbonyl (C=O) groups excluding carboxylic acids is 3. The van der Waals surface area contributed by atoms with Crippen LogP contribution in [0.4, 0.5) is 0 Å². The van der Waals surface area contributed by atoms with Gasteiger partial charge in [-0.15, -0.1) is 0 Å². The van der Waals surface area contributed by atoms with Crippen molar-refractivity contribution in [1.82, 2.24) is 0 Å². The van der Waals surface area contributed by atoms with Crippen LogP contribution in [0.15, 0.2) is 60.8 Å². The van der Waals surface area contributed by atoms with E-state index < -0.39 is 6.10 Å². The van der Waals surface area contributed by atoms with Gasteiger partial charge in [-0.2, -0.15) is 0 Å². The number of unbranched alkanes of at least 4 members (excludes halogenated alkanes) is 37. The number of hydrogen-bond donors (Lipinski definition) is 0. The second-order valence-corrected chi connectivity index (χ2v) is 21.3. The molecule has 6 heteroatoms. The molecule has 0 aromatic rings. The zero-order chi connectivity index (χ0) is 52.9. The van der Waals surface area contributed by atoms with Crippen LogP contribution >= 0.6 is 0 Å². The van der Waals surface area contributed by atoms with Gasteiger partial charge < -0.3 is 14.2 Å². The molecule has 0 aliphatic rings. The molecule has 73 heavy (non-hydrogen) atoms. The van der Waals surface area contributed by atoms with E-state index in [9.17, 15) is 14.4 Å². The Morgan fingerprint density at radius 2 is 0.534 bits per heavy atom. The van der Waals surface area contributed by atoms with Gasteiger partial charge in [0.1, 0.15) is 13.2 Å². The number of carbonyl (C=O) groups is 3. The predicted molar refractivity (Wildman–Crippen MR) is 316 cm³/mol. The van der Waals surface area contributed by atoms with E-state index in [1.165, 1.54) is 199 Å². The van der Waals surface area contributed by atoms with Gasteiger partial charge >= 0.3 is 17.9 Å². The average molecular weight is 1020 g/mol. The normalized spacial score (nSPS) is 12.4. The maximum atomic E-state index is 12.8. The van der Waals surface area contributed by atoms with Crippen molar-refractivity contribution in [3.05, 3.63) is 60.8 Å². The molecule has 0 aliphatic carbocycles. The molecule has 0 N–H and O–H groups in total. The zero-order valence-corrected chi connectivity index (χ0v) is 48.7. The monoisotopic (exact) mass is 1020 g/mol. The lowest BCUT2D eigenvalue weighted by Crippen LogP contribution is -2.30. The number of allylic oxidation sites excluding steroid dienone is 10. The largest absolute Gasteiger partial charge is 0.462 e. The summed E-state index contributed by atoms with van der Waals surface area (Å²) in [4.78, 5) is 38.1. The lowest BCUT2D eigenvalue weighted by Gasteiger charge is -2.18. The van der Waals surface area contributed by atoms with Crippen molar-refractivity contribution in [2.45, 2.75) is 335 Å². The number of rotatable bonds is 58. The molecule has 0 bridgehead atoms. The van der Waals surface area contributed by atoms with Crippen LogP contribution in [0.25, 0.3) is 0 Å². The van der Waals surface area contributed by atoms with Crippen molar-refractivity contribution in [3.63, 3.8) is 0 Å². The SMILES string of the molecule is CC/C=C\C/C=C\C/C=C\CCCCCC(=O)OC(COC(=O)CCCCCCCCCCCCC)COC(=O)CCCCCCCCCCCCCCCCCCCCC/C=C\C/C=C\CCCCCCC. The van der Waals surface area contributed by atoms with Gasteiger partial charge in [0.15, 0.2) is 6.10 Å². The molecule has 0 saturated heterocycles. The zero-order valence-electron chi connectivity index (χ0n) is 48.7. The Balaban J connectivity index is 4.09. The quantitative estimate of drug-likeness (QED) is 0.0261. The summed E-state index contributed by atoms with van der Waals surface area (Å²) in [7, 11) is 0. The van der Waals surface area contributed by atoms with Gasteiger partial charge in [0.2, 0.25) is 0 Å². The van der Waals surface area contributed by atoms with Crippen LogP contribution in [0.1, 0.15) is 329 Å². The first-order chi connectivity index (χ1) is 36.0. The van der Waals surface area contributed by atoms with Crippen LogP contribution in [0.2, 0.25) is 0 Å². The van der Waals surface area contributed by atoms with Gasteiger partial charge in [-0.3, -0.25) is 14.4 Å². The Morgan fingerprint density at radius 3 is 0.849 bits per heavy atom. The minimum atomic E-state index is -0.785. The van der Waals surface area contributed by atoms with Gasteiger partial charge in [0.25, 0.3) is 0 Å². The second kappa shape index (κ2) is 61.7. The first-order valence-electron chi connectivity index (χ1n) is 31.8. The van der Waals surface area contributed by atoms with Gasteiger partial charge in [0.05, 0.1) is 0 Å². The standard InChI is InChI=1S/C67H120O6/c1-4-7-10-13-16-19-22-24-25-26-27-28-29-30-31-32-33-34-35-36-37-38-39-40-41-43-45-48-51-54-57-60-66(69)72-63-64(62-71-65(68)59-56-53-50-47-44-21-18-15-12-9-6-3)73-67(70)61-58-55-52-49-46-42-23-20-17-14-11-8-5-2/h8,11,17,20,22,24,26-27,42,46,64H,4-7,9-10,12-16,18-19,21,23,25,28-41,43-45,47-63H2,1-3H3/b11-8-,20-17-,24-22-,27-26-,46-42-. The molecule has 0 fully saturated rings. The molecule has 0 radical (unpaired) electrons. The summed E-state index contributed by atoms with van der Waals surface area (Å²) in [6.45, 7) is 6.52. The van der Waals surface area contributed by atoms with Crippen LogP contribution in [-0.2, 0) is 28.6 Å². The molecular weight excluding hydrogens is 901 g/mol. The van der Waals surface area contributed by atoms with Crippen LogP contribution in [-0.4, -0.2) is 37.2 Å². The van der Waals surface area contributed by atoms with Gasteiger partial charge in [-0.05, 0) is 83.5 Å². The molecule has 0 aliphatic heterocycles. The van der Waals surface area contributed by atoms with Gasteiger partial charge in [-0.25, -0.2) is 0 Å². The molecular formula is C67H120O6. The molecule has 6 nitrogen and oxygen atoms in total. The van der Waals surface area contributed by atoms with Crippen LogP contribution in [0.5, 0.6) is 0 Å². The number of esters is 3. The Bertz CT molecular complexity index is 1310. The van der Waals surface area contributed by atoms with Crippen LogP contribution in [0, 0.1) is 0 Å². The lowest BCUT2D eigenvalue weighted by atomic mass is 10.0. The van der Waals surface area contributed by atoms with Crippen molar-refractivity contribution in [1.29, 1.82) is 0 Å². The van der Waals surface area contributed by atoms with E-state index >= 15 is 0 Å². The molecule has 1 atom stereocenters. The first-order valence-corrected chi connectivity index (χ1v) is 31.8. The molecule has 0 amide bonds. The molecule has 0 spiro atoms. The fourth-order valence-electron chi connectivity index (χ4n) is 9.25. The van der Waals surface area contributed by atoms with Crippen molar-refractivity contribution in [2.75, 3.05) is 13.2 Å². The summed E-state index contributed by atoms with van der Waals surface area (Å²) in [6.07, 6.45) is 78.3. The van der Waals surface area contributed by atoms with E-state index in [1.54, 1.807) is 0 Å². The number of hydrogen-bond acceptors (Lipinski definition) is 6. The van der Waals surface area contributed by atoms with Crippen LogP contribution in [0.3, 0.4) is 0 Å². The van der Waals surface area contributed by atoms with Gasteiger partial charge in [0, 0.05) is 19.3 Å². The molecule has 0 aromatic carbocycles. The summed E-state index contributed by atoms with van der Waals surface area (Å²) < 4.78 is 16.8. The highest BCUT2D eigenvalue weighted by Gasteiger charge is 2.19. The molecule has 0 saturated carbocycles. The van der Waals surface area contributed by atoms with E-state index in [-0.39, 0.29) is 31.1 Å². The summed E-state index contributed by atoms with van der Waals surface area (Å²) in [5.41, 5.74) is 0. The molecule has 0 heterocycles. The summed E-state index contributed by atoms with van der Waals surface area (Å²) in [6, 6.07) is 0. The maximum absolute atomic E-state index is 12.8. The Hall–Kier alpha value is -2.89. The second-order valence-electron chi connectivity index (χ2n) is 21.3. The maximum Gasteiger partial charge on any atom is 0.306 e. The fraction of sp³-hybridized carbons (Fsp3) is 0.806. The first kappa shape index (κ1) is 70.1. The fourth-order valence-corrected chi connectivity index (χ4v) is 9.25. The van der Waals surface area contributed by atoms with E-state index in [2.05, 4.69) is 81.5 Å². The van der Waals surface area contributed by atoms with E-state index in [0.717, 1.165) is 89.9 Å². The third kappa shape index (κ3) is 59.9. The third-order valence-electron chi connectivity index (χ3n) is 14.0. The lowest BCUT2D eigenvalue weighted by molar-refractivity contribution is -0.167. The van der Waals surface area contributed by atoms with E-state index in [0.29, 0.717) is 19.3 Å². The smallest absolute Gasteiger partial charge is 0.306 e. The van der Waals surface area contributed by atoms with Crippen molar-refractivity contribution in [2.24, 2.45) is 0 Å². The van der Waals surface area contributed by atoms with Gasteiger partial charge in [-0.1, -0.05) is 287 Å². The average Bonchev–Trinajstić information content (AvgIpc) is 3.39. The Morgan fingerprint density at radius 1 is 0.288 bits per heavy atom. The molecule has 424 valence electrons. The Kier molecular flexibility index (Phi) is 59.2. The molecule has 0 rings (SSSR count). The van der Waals surface area contributed by atoms with E-state index in [4.69, 9.17) is 14.2 Å². The minimum Gasteiger partial charge on any atom is -0.462 e. The highest BCUT2D eigenvalue weighted by molar-refractivity contribution is 5.71. The summed E-state index contributed by atoms with van der Waals surface area (Å²) >= 11 is 0.